The topological polar surface area (TPSA) is 137 Å². The molecule has 0 radical (unpaired) electrons. The molecule has 0 aromatic heterocycles. The highest BCUT2D eigenvalue weighted by Crippen LogP contribution is 1.79. The van der Waals surface area contributed by atoms with Crippen molar-refractivity contribution in [2.75, 3.05) is 26.2 Å². The zero-order valence-electron chi connectivity index (χ0n) is 11.3. The van der Waals surface area contributed by atoms with E-state index in [2.05, 4.69) is 21.3 Å². The molecule has 0 aromatic carbocycles. The summed E-state index contributed by atoms with van der Waals surface area (Å²) >= 11 is 0. The molecule has 0 saturated heterocycles. The van der Waals surface area contributed by atoms with Crippen molar-refractivity contribution in [1.82, 2.24) is 21.3 Å². The second-order valence-electron chi connectivity index (χ2n) is 3.88. The molecule has 0 atom stereocenters. The van der Waals surface area contributed by atoms with E-state index in [1.54, 1.807) is 0 Å². The molecule has 0 fully saturated rings. The Balaban J connectivity index is 3.61. The summed E-state index contributed by atoms with van der Waals surface area (Å²) < 4.78 is 0. The van der Waals surface area contributed by atoms with Crippen LogP contribution in [0.25, 0.3) is 0 Å². The highest BCUT2D eigenvalue weighted by Gasteiger charge is 2.07. The van der Waals surface area contributed by atoms with E-state index in [-0.39, 0.29) is 25.4 Å². The molecule has 0 aliphatic heterocycles. The van der Waals surface area contributed by atoms with Gasteiger partial charge in [-0.1, -0.05) is 6.92 Å². The van der Waals surface area contributed by atoms with Crippen LogP contribution in [-0.4, -0.2) is 55.1 Å². The van der Waals surface area contributed by atoms with Gasteiger partial charge in [0.2, 0.25) is 11.8 Å². The molecule has 0 aliphatic rings. The summed E-state index contributed by atoms with van der Waals surface area (Å²) in [4.78, 5) is 43.7. The Kier molecular flexibility index (Phi) is 9.36. The Morgan fingerprint density at radius 2 is 1.55 bits per heavy atom. The third-order valence-corrected chi connectivity index (χ3v) is 2.06. The molecule has 0 bridgehead atoms. The molecular weight excluding hydrogens is 268 g/mol. The van der Waals surface area contributed by atoms with E-state index in [4.69, 9.17) is 5.11 Å². The van der Waals surface area contributed by atoms with Gasteiger partial charge in [0, 0.05) is 19.5 Å². The number of nitrogens with one attached hydrogen (secondary N) is 4. The fourth-order valence-corrected chi connectivity index (χ4v) is 1.10. The second-order valence-corrected chi connectivity index (χ2v) is 3.88. The fourth-order valence-electron chi connectivity index (χ4n) is 1.10. The van der Waals surface area contributed by atoms with Crippen LogP contribution in [0.4, 0.5) is 4.79 Å². The number of carbonyl (C=O) groups is 4. The molecule has 0 aromatic rings. The maximum absolute atomic E-state index is 11.2. The van der Waals surface area contributed by atoms with E-state index in [1.807, 2.05) is 6.92 Å². The lowest BCUT2D eigenvalue weighted by Gasteiger charge is -2.07. The van der Waals surface area contributed by atoms with Crippen LogP contribution >= 0.6 is 0 Å². The van der Waals surface area contributed by atoms with Crippen molar-refractivity contribution < 1.29 is 24.3 Å². The number of carbonyl (C=O) groups excluding carboxylic acids is 3. The van der Waals surface area contributed by atoms with E-state index in [0.717, 1.165) is 6.42 Å². The van der Waals surface area contributed by atoms with Gasteiger partial charge < -0.3 is 26.4 Å². The van der Waals surface area contributed by atoms with Crippen LogP contribution in [0.3, 0.4) is 0 Å². The van der Waals surface area contributed by atoms with Crippen LogP contribution < -0.4 is 21.3 Å². The predicted molar refractivity (Wildman–Crippen MR) is 70.0 cm³/mol. The second kappa shape index (κ2) is 10.6. The normalized spacial score (nSPS) is 9.45. The van der Waals surface area contributed by atoms with Crippen LogP contribution in [0.1, 0.15) is 19.8 Å². The van der Waals surface area contributed by atoms with Crippen molar-refractivity contribution in [3.8, 4) is 0 Å². The van der Waals surface area contributed by atoms with Gasteiger partial charge >= 0.3 is 12.0 Å². The first-order valence-corrected chi connectivity index (χ1v) is 6.22. The lowest BCUT2D eigenvalue weighted by atomic mass is 10.4. The van der Waals surface area contributed by atoms with E-state index in [9.17, 15) is 19.2 Å². The summed E-state index contributed by atoms with van der Waals surface area (Å²) in [5.74, 6) is -1.93. The molecule has 0 unspecified atom stereocenters. The maximum Gasteiger partial charge on any atom is 0.322 e. The molecule has 0 rings (SSSR count). The van der Waals surface area contributed by atoms with Crippen molar-refractivity contribution >= 4 is 23.8 Å². The summed E-state index contributed by atoms with van der Waals surface area (Å²) in [6, 6.07) is -0.598. The van der Waals surface area contributed by atoms with Gasteiger partial charge in [-0.25, -0.2) is 4.79 Å². The summed E-state index contributed by atoms with van der Waals surface area (Å²) in [7, 11) is 0. The zero-order chi connectivity index (χ0) is 15.4. The van der Waals surface area contributed by atoms with Crippen LogP contribution in [0.5, 0.6) is 0 Å². The van der Waals surface area contributed by atoms with E-state index in [1.165, 1.54) is 0 Å². The number of hydrogen-bond acceptors (Lipinski definition) is 4. The number of urea groups is 1. The van der Waals surface area contributed by atoms with Crippen LogP contribution in [0.2, 0.25) is 0 Å². The van der Waals surface area contributed by atoms with Gasteiger partial charge in [-0.2, -0.15) is 0 Å². The van der Waals surface area contributed by atoms with Gasteiger partial charge in [0.1, 0.15) is 6.54 Å². The number of hydrogen-bond donors (Lipinski definition) is 5. The first kappa shape index (κ1) is 17.7. The largest absolute Gasteiger partial charge is 0.480 e. The fraction of sp³-hybridized carbons (Fsp3) is 0.636. The number of rotatable bonds is 9. The molecule has 5 N–H and O–H groups in total. The van der Waals surface area contributed by atoms with E-state index in [0.29, 0.717) is 6.54 Å². The molecule has 20 heavy (non-hydrogen) atoms. The maximum atomic E-state index is 11.2. The third kappa shape index (κ3) is 10.8. The van der Waals surface area contributed by atoms with Crippen molar-refractivity contribution in [1.29, 1.82) is 0 Å². The molecule has 9 nitrogen and oxygen atoms in total. The minimum atomic E-state index is -1.17. The summed E-state index contributed by atoms with van der Waals surface area (Å²) in [6.45, 7) is 1.84. The summed E-state index contributed by atoms with van der Waals surface area (Å²) in [5.41, 5.74) is 0. The monoisotopic (exact) mass is 288 g/mol. The molecular formula is C11H20N4O5. The highest BCUT2D eigenvalue weighted by atomic mass is 16.4. The Morgan fingerprint density at radius 1 is 0.850 bits per heavy atom. The van der Waals surface area contributed by atoms with Gasteiger partial charge in [-0.15, -0.1) is 0 Å². The van der Waals surface area contributed by atoms with Gasteiger partial charge in [-0.3, -0.25) is 14.4 Å². The molecule has 4 amide bonds. The zero-order valence-corrected chi connectivity index (χ0v) is 11.3. The minimum absolute atomic E-state index is 0.151. The quantitative estimate of drug-likeness (QED) is 0.348. The SMILES string of the molecule is CCCNC(=O)CCNC(=O)NCC(=O)NCC(=O)O. The molecule has 9 heteroatoms. The molecule has 114 valence electrons. The van der Waals surface area contributed by atoms with Gasteiger partial charge in [0.05, 0.1) is 6.54 Å². The van der Waals surface area contributed by atoms with E-state index < -0.39 is 24.5 Å². The van der Waals surface area contributed by atoms with Crippen LogP contribution in [0, 0.1) is 0 Å². The third-order valence-electron chi connectivity index (χ3n) is 2.06. The van der Waals surface area contributed by atoms with Crippen molar-refractivity contribution in [3.05, 3.63) is 0 Å². The molecule has 0 saturated carbocycles. The first-order valence-electron chi connectivity index (χ1n) is 6.22. The number of amides is 4. The highest BCUT2D eigenvalue weighted by molar-refractivity contribution is 5.86. The smallest absolute Gasteiger partial charge is 0.322 e. The number of carboxylic acids is 1. The molecule has 0 aliphatic carbocycles. The lowest BCUT2D eigenvalue weighted by molar-refractivity contribution is -0.137. The van der Waals surface area contributed by atoms with Crippen molar-refractivity contribution in [2.24, 2.45) is 0 Å². The van der Waals surface area contributed by atoms with Gasteiger partial charge in [0.25, 0.3) is 0 Å². The lowest BCUT2D eigenvalue weighted by Crippen LogP contribution is -2.43. The van der Waals surface area contributed by atoms with Crippen LogP contribution in [0.15, 0.2) is 0 Å². The Labute approximate surface area is 116 Å². The van der Waals surface area contributed by atoms with Gasteiger partial charge in [-0.05, 0) is 6.42 Å². The minimum Gasteiger partial charge on any atom is -0.480 e. The number of carboxylic acid groups (broad SMARTS) is 1. The average Bonchev–Trinajstić information content (AvgIpc) is 2.40. The van der Waals surface area contributed by atoms with Gasteiger partial charge in [0.15, 0.2) is 0 Å². The van der Waals surface area contributed by atoms with Crippen molar-refractivity contribution in [3.63, 3.8) is 0 Å². The van der Waals surface area contributed by atoms with Crippen molar-refractivity contribution in [2.45, 2.75) is 19.8 Å². The average molecular weight is 288 g/mol. The predicted octanol–water partition coefficient (Wildman–Crippen LogP) is -1.60. The summed E-state index contributed by atoms with van der Waals surface area (Å²) in [5, 5.41) is 17.7. The van der Waals surface area contributed by atoms with Crippen LogP contribution in [-0.2, 0) is 14.4 Å². The molecule has 0 spiro atoms. The standard InChI is InChI=1S/C11H20N4O5/c1-2-4-12-8(16)3-5-13-11(20)15-6-9(17)14-7-10(18)19/h2-7H2,1H3,(H,12,16)(H,14,17)(H,18,19)(H2,13,15,20). The van der Waals surface area contributed by atoms with E-state index >= 15 is 0 Å². The first-order chi connectivity index (χ1) is 9.45. The Morgan fingerprint density at radius 3 is 2.15 bits per heavy atom. The number of aliphatic carboxylic acids is 1. The Bertz CT molecular complexity index is 359. The molecule has 0 heterocycles. The Hall–Kier alpha value is -2.32. The summed E-state index contributed by atoms with van der Waals surface area (Å²) in [6.07, 6.45) is 0.990.